The molecule has 302 valence electrons. The standard InChI is InChI=1S/C42H54N4O10/c1-23(2)37(41(51)52)55-29-19-15-17-27-33(29)31(35(47)39(43)49)25(5)45(27)21-13-11-9-7-8-10-12-14-22-46-26(6)32(36(48)40(44)50)34-28(46)18-16-20-30(34)56-38(24(3)4)42(53)54/h15-20,23-24,37-38H,7-14,21-22H2,1-6H3,(H2,43,49)(H2,44,50)(H,51,52)(H,53,54). The maximum absolute atomic E-state index is 13.0. The molecule has 2 heterocycles. The third-order valence-electron chi connectivity index (χ3n) is 10.2. The van der Waals surface area contributed by atoms with Crippen LogP contribution in [0.15, 0.2) is 36.4 Å². The van der Waals surface area contributed by atoms with Gasteiger partial charge < -0.3 is 40.3 Å². The first-order valence-corrected chi connectivity index (χ1v) is 19.2. The lowest BCUT2D eigenvalue weighted by Crippen LogP contribution is -2.32. The lowest BCUT2D eigenvalue weighted by atomic mass is 10.0. The number of aliphatic carboxylic acids is 2. The summed E-state index contributed by atoms with van der Waals surface area (Å²) in [4.78, 5) is 73.8. The van der Waals surface area contributed by atoms with Gasteiger partial charge in [0.15, 0.2) is 12.2 Å². The van der Waals surface area contributed by atoms with Crippen LogP contribution in [0, 0.1) is 25.7 Å². The Balaban J connectivity index is 1.36. The van der Waals surface area contributed by atoms with Crippen molar-refractivity contribution in [1.29, 1.82) is 0 Å². The lowest BCUT2D eigenvalue weighted by Gasteiger charge is -2.19. The quantitative estimate of drug-likeness (QED) is 0.0371. The second kappa shape index (κ2) is 18.8. The minimum atomic E-state index is -1.15. The molecule has 56 heavy (non-hydrogen) atoms. The Labute approximate surface area is 326 Å². The molecule has 0 saturated heterocycles. The number of nitrogens with zero attached hydrogens (tertiary/aromatic N) is 2. The van der Waals surface area contributed by atoms with Crippen molar-refractivity contribution in [1.82, 2.24) is 9.13 Å². The molecule has 0 spiro atoms. The number of Topliss-reactive ketones (excluding diaryl/α,β-unsaturated/α-hetero) is 2. The van der Waals surface area contributed by atoms with Gasteiger partial charge in [0.25, 0.3) is 23.4 Å². The minimum Gasteiger partial charge on any atom is -0.478 e. The van der Waals surface area contributed by atoms with E-state index in [1.807, 2.05) is 21.3 Å². The second-order valence-electron chi connectivity index (χ2n) is 15.0. The summed E-state index contributed by atoms with van der Waals surface area (Å²) in [5.74, 6) is -6.44. The number of aryl methyl sites for hydroxylation is 2. The zero-order chi connectivity index (χ0) is 41.4. The van der Waals surface area contributed by atoms with Crippen LogP contribution in [0.1, 0.15) is 111 Å². The number of unbranched alkanes of at least 4 members (excludes halogenated alkanes) is 7. The van der Waals surface area contributed by atoms with Gasteiger partial charge in [-0.25, -0.2) is 9.59 Å². The minimum absolute atomic E-state index is 0.126. The van der Waals surface area contributed by atoms with Gasteiger partial charge in [0.2, 0.25) is 0 Å². The molecule has 0 fully saturated rings. The topological polar surface area (TPSA) is 223 Å². The zero-order valence-electron chi connectivity index (χ0n) is 33.1. The summed E-state index contributed by atoms with van der Waals surface area (Å²) in [7, 11) is 0. The van der Waals surface area contributed by atoms with Crippen LogP contribution in [-0.4, -0.2) is 66.9 Å². The van der Waals surface area contributed by atoms with Gasteiger partial charge in [0.05, 0.1) is 32.9 Å². The van der Waals surface area contributed by atoms with Crippen LogP contribution in [0.2, 0.25) is 0 Å². The third-order valence-corrected chi connectivity index (χ3v) is 10.2. The van der Waals surface area contributed by atoms with E-state index in [0.717, 1.165) is 51.4 Å². The largest absolute Gasteiger partial charge is 0.478 e. The molecule has 0 radical (unpaired) electrons. The molecule has 0 aliphatic carbocycles. The Bertz CT molecular complexity index is 1980. The van der Waals surface area contributed by atoms with Crippen LogP contribution in [-0.2, 0) is 32.3 Å². The molecular formula is C42H54N4O10. The molecule has 0 saturated carbocycles. The van der Waals surface area contributed by atoms with Gasteiger partial charge in [0, 0.05) is 36.3 Å². The number of benzene rings is 2. The van der Waals surface area contributed by atoms with Crippen LogP contribution in [0.3, 0.4) is 0 Å². The van der Waals surface area contributed by atoms with E-state index in [1.165, 1.54) is 0 Å². The molecule has 14 nitrogen and oxygen atoms in total. The van der Waals surface area contributed by atoms with Crippen LogP contribution in [0.4, 0.5) is 0 Å². The molecule has 0 bridgehead atoms. The molecule has 2 amide bonds. The third kappa shape index (κ3) is 9.40. The second-order valence-corrected chi connectivity index (χ2v) is 15.0. The van der Waals surface area contributed by atoms with E-state index in [2.05, 4.69) is 0 Å². The van der Waals surface area contributed by atoms with E-state index in [4.69, 9.17) is 20.9 Å². The smallest absolute Gasteiger partial charge is 0.345 e. The van der Waals surface area contributed by atoms with E-state index in [1.54, 1.807) is 65.8 Å². The van der Waals surface area contributed by atoms with Gasteiger partial charge in [-0.3, -0.25) is 19.2 Å². The van der Waals surface area contributed by atoms with E-state index in [9.17, 15) is 39.0 Å². The summed E-state index contributed by atoms with van der Waals surface area (Å²) in [6.07, 6.45) is 5.20. The molecule has 6 N–H and O–H groups in total. The number of ether oxygens (including phenoxy) is 2. The maximum Gasteiger partial charge on any atom is 0.345 e. The SMILES string of the molecule is Cc1c(C(=O)C(N)=O)c2c(OC(C(=O)O)C(C)C)cccc2n1CCCCCCCCCCn1c(C)c(C(=O)C(N)=O)c2c(OC(C(=O)O)C(C)C)cccc21. The van der Waals surface area contributed by atoms with Crippen molar-refractivity contribution < 1.29 is 48.5 Å². The number of carboxylic acid groups (broad SMARTS) is 2. The van der Waals surface area contributed by atoms with Crippen LogP contribution >= 0.6 is 0 Å². The Morgan fingerprint density at radius 3 is 1.18 bits per heavy atom. The number of ketones is 2. The molecule has 2 aromatic heterocycles. The monoisotopic (exact) mass is 774 g/mol. The highest BCUT2D eigenvalue weighted by atomic mass is 16.5. The van der Waals surface area contributed by atoms with Crippen LogP contribution in [0.5, 0.6) is 11.5 Å². The number of nitrogens with two attached hydrogens (primary N) is 2. The first-order chi connectivity index (χ1) is 26.5. The Morgan fingerprint density at radius 2 is 0.893 bits per heavy atom. The van der Waals surface area contributed by atoms with Crippen molar-refractivity contribution in [2.75, 3.05) is 0 Å². The molecular weight excluding hydrogens is 720 g/mol. The average molecular weight is 775 g/mol. The van der Waals surface area contributed by atoms with Crippen molar-refractivity contribution in [3.8, 4) is 11.5 Å². The number of hydrogen-bond donors (Lipinski definition) is 4. The summed E-state index contributed by atoms with van der Waals surface area (Å²) in [6, 6.07) is 10.3. The Kier molecular flexibility index (Phi) is 14.4. The Hall–Kier alpha value is -5.66. The predicted octanol–water partition coefficient (Wildman–Crippen LogP) is 6.35. The number of rotatable bonds is 23. The van der Waals surface area contributed by atoms with Crippen molar-refractivity contribution in [3.63, 3.8) is 0 Å². The summed E-state index contributed by atoms with van der Waals surface area (Å²) in [5, 5.41) is 20.2. The fourth-order valence-electron chi connectivity index (χ4n) is 7.38. The lowest BCUT2D eigenvalue weighted by molar-refractivity contribution is -0.147. The predicted molar refractivity (Wildman–Crippen MR) is 211 cm³/mol. The first kappa shape index (κ1) is 43.1. The fraction of sp³-hybridized carbons (Fsp3) is 0.476. The normalized spacial score (nSPS) is 12.6. The maximum atomic E-state index is 13.0. The molecule has 4 aromatic rings. The van der Waals surface area contributed by atoms with Gasteiger partial charge in [-0.2, -0.15) is 0 Å². The summed E-state index contributed by atoms with van der Waals surface area (Å²) < 4.78 is 15.8. The van der Waals surface area contributed by atoms with E-state index in [0.29, 0.717) is 46.3 Å². The number of carbonyl (C=O) groups excluding carboxylic acids is 4. The van der Waals surface area contributed by atoms with Gasteiger partial charge in [-0.1, -0.05) is 78.4 Å². The summed E-state index contributed by atoms with van der Waals surface area (Å²) in [6.45, 7) is 11.6. The Morgan fingerprint density at radius 1 is 0.571 bits per heavy atom. The number of hydrogen-bond acceptors (Lipinski definition) is 8. The van der Waals surface area contributed by atoms with E-state index >= 15 is 0 Å². The highest BCUT2D eigenvalue weighted by Crippen LogP contribution is 2.37. The molecule has 4 rings (SSSR count). The van der Waals surface area contributed by atoms with Crippen molar-refractivity contribution in [2.24, 2.45) is 23.3 Å². The van der Waals surface area contributed by atoms with Crippen molar-refractivity contribution >= 4 is 57.1 Å². The first-order valence-electron chi connectivity index (χ1n) is 19.2. The van der Waals surface area contributed by atoms with Crippen molar-refractivity contribution in [2.45, 2.75) is 118 Å². The van der Waals surface area contributed by atoms with Gasteiger partial charge in [-0.05, 0) is 51.0 Å². The summed E-state index contributed by atoms with van der Waals surface area (Å²) in [5.41, 5.74) is 13.5. The molecule has 14 heteroatoms. The number of fused-ring (bicyclic) bond motifs is 2. The molecule has 0 aliphatic rings. The van der Waals surface area contributed by atoms with Gasteiger partial charge in [0.1, 0.15) is 11.5 Å². The van der Waals surface area contributed by atoms with Gasteiger partial charge in [-0.15, -0.1) is 0 Å². The number of carboxylic acids is 2. The number of amides is 2. The van der Waals surface area contributed by atoms with E-state index in [-0.39, 0.29) is 34.5 Å². The molecule has 2 unspecified atom stereocenters. The van der Waals surface area contributed by atoms with Crippen molar-refractivity contribution in [3.05, 3.63) is 58.9 Å². The zero-order valence-corrected chi connectivity index (χ0v) is 33.1. The van der Waals surface area contributed by atoms with Crippen LogP contribution in [0.25, 0.3) is 21.8 Å². The fourth-order valence-corrected chi connectivity index (χ4v) is 7.38. The average Bonchev–Trinajstić information content (AvgIpc) is 3.58. The van der Waals surface area contributed by atoms with E-state index < -0.39 is 47.5 Å². The highest BCUT2D eigenvalue weighted by Gasteiger charge is 2.31. The number of primary amides is 2. The highest BCUT2D eigenvalue weighted by molar-refractivity contribution is 6.45. The number of carbonyl (C=O) groups is 6. The van der Waals surface area contributed by atoms with Crippen LogP contribution < -0.4 is 20.9 Å². The molecule has 0 aliphatic heterocycles. The number of aromatic nitrogens is 2. The molecule has 2 aromatic carbocycles. The molecule has 2 atom stereocenters. The van der Waals surface area contributed by atoms with Gasteiger partial charge >= 0.3 is 11.9 Å². The summed E-state index contributed by atoms with van der Waals surface area (Å²) >= 11 is 0.